The number of aromatic nitrogens is 2. The number of benzene rings is 1. The van der Waals surface area contributed by atoms with Gasteiger partial charge in [0.15, 0.2) is 0 Å². The maximum atomic E-state index is 5.46. The molecule has 0 radical (unpaired) electrons. The molecule has 1 N–H and O–H groups in total. The topological polar surface area (TPSA) is 50.3 Å². The van der Waals surface area contributed by atoms with Crippen LogP contribution in [-0.4, -0.2) is 36.3 Å². The van der Waals surface area contributed by atoms with Crippen LogP contribution in [0.5, 0.6) is 0 Å². The van der Waals surface area contributed by atoms with Crippen molar-refractivity contribution in [2.75, 3.05) is 36.5 Å². The van der Waals surface area contributed by atoms with E-state index in [4.69, 9.17) is 4.74 Å². The molecule has 6 heteroatoms. The summed E-state index contributed by atoms with van der Waals surface area (Å²) in [5.74, 6) is 0.679. The van der Waals surface area contributed by atoms with E-state index < -0.39 is 0 Å². The molecule has 5 nitrogen and oxygen atoms in total. The maximum absolute atomic E-state index is 5.46. The molecule has 0 atom stereocenters. The Morgan fingerprint density at radius 3 is 2.52 bits per heavy atom. The summed E-state index contributed by atoms with van der Waals surface area (Å²) >= 11 is 3.58. The first-order valence-electron chi connectivity index (χ1n) is 7.79. The minimum atomic E-state index is 0.679. The van der Waals surface area contributed by atoms with E-state index in [9.17, 15) is 0 Å². The molecule has 122 valence electrons. The van der Waals surface area contributed by atoms with E-state index in [0.29, 0.717) is 12.5 Å². The Balaban J connectivity index is 1.79. The normalized spacial score (nSPS) is 14.8. The Hall–Kier alpha value is -1.66. The molecule has 0 saturated carbocycles. The Morgan fingerprint density at radius 2 is 1.83 bits per heavy atom. The van der Waals surface area contributed by atoms with Crippen molar-refractivity contribution >= 4 is 27.6 Å². The van der Waals surface area contributed by atoms with E-state index in [1.165, 1.54) is 11.3 Å². The van der Waals surface area contributed by atoms with Crippen LogP contribution in [-0.2, 0) is 11.3 Å². The Morgan fingerprint density at radius 1 is 1.13 bits per heavy atom. The minimum Gasteiger partial charge on any atom is -0.378 e. The Labute approximate surface area is 145 Å². The van der Waals surface area contributed by atoms with Crippen molar-refractivity contribution in [1.29, 1.82) is 0 Å². The van der Waals surface area contributed by atoms with Gasteiger partial charge in [-0.15, -0.1) is 0 Å². The predicted octanol–water partition coefficient (Wildman–Crippen LogP) is 3.30. The van der Waals surface area contributed by atoms with Crippen LogP contribution >= 0.6 is 15.9 Å². The summed E-state index contributed by atoms with van der Waals surface area (Å²) in [6.45, 7) is 8.06. The molecule has 3 rings (SSSR count). The summed E-state index contributed by atoms with van der Waals surface area (Å²) in [6, 6.07) is 8.36. The summed E-state index contributed by atoms with van der Waals surface area (Å²) in [7, 11) is 0. The van der Waals surface area contributed by atoms with E-state index in [1.807, 2.05) is 19.9 Å². The van der Waals surface area contributed by atoms with Crippen molar-refractivity contribution < 1.29 is 4.74 Å². The molecule has 2 aromatic rings. The fourth-order valence-electron chi connectivity index (χ4n) is 2.76. The van der Waals surface area contributed by atoms with E-state index in [-0.39, 0.29) is 0 Å². The third kappa shape index (κ3) is 4.20. The van der Waals surface area contributed by atoms with Crippen LogP contribution in [0.25, 0.3) is 0 Å². The fraction of sp³-hybridized carbons (Fsp3) is 0.412. The molecule has 1 aliphatic heterocycles. The van der Waals surface area contributed by atoms with Crippen LogP contribution in [0.15, 0.2) is 28.7 Å². The number of nitrogens with zero attached hydrogens (tertiary/aromatic N) is 3. The molecule has 0 unspecified atom stereocenters. The van der Waals surface area contributed by atoms with E-state index in [1.54, 1.807) is 0 Å². The lowest BCUT2D eigenvalue weighted by atomic mass is 10.1. The van der Waals surface area contributed by atoms with Crippen molar-refractivity contribution in [2.45, 2.75) is 20.4 Å². The number of hydrogen-bond acceptors (Lipinski definition) is 5. The zero-order chi connectivity index (χ0) is 16.2. The first kappa shape index (κ1) is 16.2. The van der Waals surface area contributed by atoms with Gasteiger partial charge in [0.2, 0.25) is 5.95 Å². The molecule has 0 amide bonds. The van der Waals surface area contributed by atoms with Gasteiger partial charge in [-0.05, 0) is 37.6 Å². The minimum absolute atomic E-state index is 0.679. The highest BCUT2D eigenvalue weighted by atomic mass is 79.9. The average molecular weight is 377 g/mol. The predicted molar refractivity (Wildman–Crippen MR) is 96.0 cm³/mol. The number of anilines is 2. The average Bonchev–Trinajstić information content (AvgIpc) is 2.53. The number of ether oxygens (including phenoxy) is 1. The molecule has 1 aromatic carbocycles. The number of aryl methyl sites for hydroxylation is 2. The van der Waals surface area contributed by atoms with Crippen molar-refractivity contribution in [3.63, 3.8) is 0 Å². The molecule has 1 aromatic heterocycles. The van der Waals surface area contributed by atoms with Crippen LogP contribution in [0.1, 0.15) is 17.0 Å². The van der Waals surface area contributed by atoms with Crippen LogP contribution in [0, 0.1) is 13.8 Å². The second-order valence-corrected chi connectivity index (χ2v) is 6.62. The van der Waals surface area contributed by atoms with E-state index in [0.717, 1.165) is 42.2 Å². The molecule has 2 heterocycles. The van der Waals surface area contributed by atoms with Crippen LogP contribution in [0.3, 0.4) is 0 Å². The maximum Gasteiger partial charge on any atom is 0.223 e. The summed E-state index contributed by atoms with van der Waals surface area (Å²) in [5, 5.41) is 3.35. The number of nitrogens with one attached hydrogen (secondary N) is 1. The summed E-state index contributed by atoms with van der Waals surface area (Å²) in [6.07, 6.45) is 0. The zero-order valence-electron chi connectivity index (χ0n) is 13.5. The second kappa shape index (κ2) is 7.27. The smallest absolute Gasteiger partial charge is 0.223 e. The quantitative estimate of drug-likeness (QED) is 0.886. The standard InChI is InChI=1S/C17H21BrN4O/c1-12-9-13(2)21-17(20-12)19-11-14-3-4-15(18)10-16(14)22-5-7-23-8-6-22/h3-4,9-10H,5-8,11H2,1-2H3,(H,19,20,21). The van der Waals surface area contributed by atoms with Gasteiger partial charge in [-0.3, -0.25) is 0 Å². The molecule has 1 fully saturated rings. The number of morpholine rings is 1. The van der Waals surface area contributed by atoms with Gasteiger partial charge in [0.1, 0.15) is 0 Å². The number of halogens is 1. The third-order valence-corrected chi connectivity index (χ3v) is 4.31. The van der Waals surface area contributed by atoms with E-state index in [2.05, 4.69) is 54.3 Å². The molecular weight excluding hydrogens is 356 g/mol. The van der Waals surface area contributed by atoms with Gasteiger partial charge >= 0.3 is 0 Å². The highest BCUT2D eigenvalue weighted by molar-refractivity contribution is 9.10. The van der Waals surface area contributed by atoms with Crippen molar-refractivity contribution in [1.82, 2.24) is 9.97 Å². The molecular formula is C17H21BrN4O. The monoisotopic (exact) mass is 376 g/mol. The van der Waals surface area contributed by atoms with Gasteiger partial charge in [0.05, 0.1) is 13.2 Å². The highest BCUT2D eigenvalue weighted by Crippen LogP contribution is 2.26. The van der Waals surface area contributed by atoms with Gasteiger partial charge in [-0.1, -0.05) is 22.0 Å². The van der Waals surface area contributed by atoms with Gasteiger partial charge in [0.25, 0.3) is 0 Å². The number of rotatable bonds is 4. The Bertz CT molecular complexity index is 666. The fourth-order valence-corrected chi connectivity index (χ4v) is 3.11. The number of hydrogen-bond donors (Lipinski definition) is 1. The van der Waals surface area contributed by atoms with Gasteiger partial charge in [0, 0.05) is 41.2 Å². The van der Waals surface area contributed by atoms with Crippen molar-refractivity contribution in [2.24, 2.45) is 0 Å². The van der Waals surface area contributed by atoms with Gasteiger partial charge < -0.3 is 15.0 Å². The highest BCUT2D eigenvalue weighted by Gasteiger charge is 2.15. The second-order valence-electron chi connectivity index (χ2n) is 5.70. The molecule has 1 saturated heterocycles. The van der Waals surface area contributed by atoms with Crippen LogP contribution in [0.2, 0.25) is 0 Å². The SMILES string of the molecule is Cc1cc(C)nc(NCc2ccc(Br)cc2N2CCOCC2)n1. The molecule has 0 spiro atoms. The summed E-state index contributed by atoms with van der Waals surface area (Å²) in [4.78, 5) is 11.3. The van der Waals surface area contributed by atoms with Crippen molar-refractivity contribution in [3.8, 4) is 0 Å². The Kier molecular flexibility index (Phi) is 5.13. The lowest BCUT2D eigenvalue weighted by Gasteiger charge is -2.31. The van der Waals surface area contributed by atoms with Crippen LogP contribution < -0.4 is 10.2 Å². The zero-order valence-corrected chi connectivity index (χ0v) is 15.1. The molecule has 23 heavy (non-hydrogen) atoms. The molecule has 0 bridgehead atoms. The van der Waals surface area contributed by atoms with Gasteiger partial charge in [-0.25, -0.2) is 9.97 Å². The van der Waals surface area contributed by atoms with Gasteiger partial charge in [-0.2, -0.15) is 0 Å². The first-order valence-corrected chi connectivity index (χ1v) is 8.58. The van der Waals surface area contributed by atoms with Crippen LogP contribution in [0.4, 0.5) is 11.6 Å². The largest absolute Gasteiger partial charge is 0.378 e. The lowest BCUT2D eigenvalue weighted by molar-refractivity contribution is 0.122. The van der Waals surface area contributed by atoms with E-state index >= 15 is 0 Å². The first-order chi connectivity index (χ1) is 11.1. The lowest BCUT2D eigenvalue weighted by Crippen LogP contribution is -2.37. The third-order valence-electron chi connectivity index (χ3n) is 3.82. The van der Waals surface area contributed by atoms with Crippen molar-refractivity contribution in [3.05, 3.63) is 45.7 Å². The molecule has 0 aliphatic carbocycles. The molecule has 1 aliphatic rings. The summed E-state index contributed by atoms with van der Waals surface area (Å²) in [5.41, 5.74) is 4.42. The summed E-state index contributed by atoms with van der Waals surface area (Å²) < 4.78 is 6.55.